The number of benzene rings is 1. The molecule has 1 aromatic heterocycles. The highest BCUT2D eigenvalue weighted by molar-refractivity contribution is 7.09. The first-order valence-corrected chi connectivity index (χ1v) is 6.82. The number of aryl methyl sites for hydroxylation is 2. The Morgan fingerprint density at radius 1 is 1.29 bits per heavy atom. The molecule has 1 N–H and O–H groups in total. The Labute approximate surface area is 107 Å². The van der Waals surface area contributed by atoms with E-state index in [2.05, 4.69) is 54.7 Å². The van der Waals surface area contributed by atoms with Crippen LogP contribution in [-0.2, 0) is 13.0 Å². The van der Waals surface area contributed by atoms with E-state index < -0.39 is 0 Å². The first-order valence-electron chi connectivity index (χ1n) is 5.94. The van der Waals surface area contributed by atoms with E-state index in [1.165, 1.54) is 21.8 Å². The van der Waals surface area contributed by atoms with E-state index in [0.717, 1.165) is 18.7 Å². The third kappa shape index (κ3) is 2.86. The van der Waals surface area contributed by atoms with Crippen LogP contribution in [0.1, 0.15) is 28.8 Å². The number of hydrogen-bond donors (Lipinski definition) is 1. The fourth-order valence-electron chi connectivity index (χ4n) is 1.72. The van der Waals surface area contributed by atoms with Crippen molar-refractivity contribution in [3.05, 3.63) is 45.4 Å². The van der Waals surface area contributed by atoms with Crippen LogP contribution in [0.3, 0.4) is 0 Å². The van der Waals surface area contributed by atoms with Crippen molar-refractivity contribution in [2.75, 3.05) is 5.32 Å². The second-order valence-corrected chi connectivity index (χ2v) is 5.13. The first-order chi connectivity index (χ1) is 8.20. The lowest BCUT2D eigenvalue weighted by Crippen LogP contribution is -2.02. The van der Waals surface area contributed by atoms with Crippen LogP contribution in [0.15, 0.2) is 23.6 Å². The summed E-state index contributed by atoms with van der Waals surface area (Å²) in [4.78, 5) is 4.55. The maximum absolute atomic E-state index is 4.55. The number of anilines is 1. The second-order valence-electron chi connectivity index (χ2n) is 4.19. The van der Waals surface area contributed by atoms with Gasteiger partial charge in [0.1, 0.15) is 0 Å². The average Bonchev–Trinajstić information content (AvgIpc) is 2.79. The van der Waals surface area contributed by atoms with E-state index in [-0.39, 0.29) is 0 Å². The van der Waals surface area contributed by atoms with Gasteiger partial charge in [-0.25, -0.2) is 4.98 Å². The average molecular weight is 246 g/mol. The molecule has 0 radical (unpaired) electrons. The Hall–Kier alpha value is -1.35. The van der Waals surface area contributed by atoms with Crippen molar-refractivity contribution in [2.45, 2.75) is 33.7 Å². The molecule has 1 heterocycles. The van der Waals surface area contributed by atoms with Gasteiger partial charge in [-0.2, -0.15) is 0 Å². The molecule has 0 saturated carbocycles. The van der Waals surface area contributed by atoms with Crippen molar-refractivity contribution in [2.24, 2.45) is 0 Å². The SMILES string of the molecule is CCc1nc(CNc2cccc(C)c2C)cs1. The van der Waals surface area contributed by atoms with Crippen molar-refractivity contribution in [1.82, 2.24) is 4.98 Å². The van der Waals surface area contributed by atoms with Gasteiger partial charge in [0.05, 0.1) is 17.2 Å². The molecule has 0 aliphatic rings. The minimum atomic E-state index is 0.806. The van der Waals surface area contributed by atoms with Gasteiger partial charge in [0.15, 0.2) is 0 Å². The van der Waals surface area contributed by atoms with Crippen molar-refractivity contribution >= 4 is 17.0 Å². The van der Waals surface area contributed by atoms with Gasteiger partial charge < -0.3 is 5.32 Å². The molecule has 2 rings (SSSR count). The molecule has 0 aliphatic heterocycles. The third-order valence-corrected chi connectivity index (χ3v) is 4.01. The van der Waals surface area contributed by atoms with E-state index >= 15 is 0 Å². The van der Waals surface area contributed by atoms with E-state index in [4.69, 9.17) is 0 Å². The Balaban J connectivity index is 2.04. The molecule has 2 aromatic rings. The molecule has 1 aromatic carbocycles. The summed E-state index contributed by atoms with van der Waals surface area (Å²) < 4.78 is 0. The van der Waals surface area contributed by atoms with Gasteiger partial charge in [-0.05, 0) is 37.5 Å². The van der Waals surface area contributed by atoms with Gasteiger partial charge >= 0.3 is 0 Å². The smallest absolute Gasteiger partial charge is 0.0926 e. The molecule has 0 fully saturated rings. The van der Waals surface area contributed by atoms with Gasteiger partial charge in [-0.15, -0.1) is 11.3 Å². The van der Waals surface area contributed by atoms with Crippen LogP contribution in [0.4, 0.5) is 5.69 Å². The van der Waals surface area contributed by atoms with Gasteiger partial charge in [0, 0.05) is 11.1 Å². The molecule has 17 heavy (non-hydrogen) atoms. The fraction of sp³-hybridized carbons (Fsp3) is 0.357. The lowest BCUT2D eigenvalue weighted by molar-refractivity contribution is 1.01. The molecule has 3 heteroatoms. The minimum absolute atomic E-state index is 0.806. The second kappa shape index (κ2) is 5.32. The molecule has 0 amide bonds. The summed E-state index contributed by atoms with van der Waals surface area (Å²) >= 11 is 1.74. The Kier molecular flexibility index (Phi) is 3.79. The van der Waals surface area contributed by atoms with Gasteiger partial charge in [0.25, 0.3) is 0 Å². The van der Waals surface area contributed by atoms with Crippen LogP contribution < -0.4 is 5.32 Å². The van der Waals surface area contributed by atoms with Gasteiger partial charge in [0.2, 0.25) is 0 Å². The predicted molar refractivity (Wildman–Crippen MR) is 74.7 cm³/mol. The summed E-state index contributed by atoms with van der Waals surface area (Å²) in [6.07, 6.45) is 1.02. The van der Waals surface area contributed by atoms with Crippen LogP contribution in [0.2, 0.25) is 0 Å². The number of aromatic nitrogens is 1. The molecule has 0 aliphatic carbocycles. The summed E-state index contributed by atoms with van der Waals surface area (Å²) in [7, 11) is 0. The Morgan fingerprint density at radius 2 is 2.12 bits per heavy atom. The molecule has 0 atom stereocenters. The van der Waals surface area contributed by atoms with Gasteiger partial charge in [-0.3, -0.25) is 0 Å². The number of thiazole rings is 1. The third-order valence-electron chi connectivity index (χ3n) is 2.97. The fourth-order valence-corrected chi connectivity index (χ4v) is 2.47. The zero-order valence-electron chi connectivity index (χ0n) is 10.6. The first kappa shape index (κ1) is 12.1. The molecular formula is C14H18N2S. The van der Waals surface area contributed by atoms with Crippen LogP contribution in [-0.4, -0.2) is 4.98 Å². The summed E-state index contributed by atoms with van der Waals surface area (Å²) in [5, 5.41) is 6.80. The molecule has 0 saturated heterocycles. The number of nitrogens with zero attached hydrogens (tertiary/aromatic N) is 1. The van der Waals surface area contributed by atoms with E-state index in [9.17, 15) is 0 Å². The highest BCUT2D eigenvalue weighted by Crippen LogP contribution is 2.19. The standard InChI is InChI=1S/C14H18N2S/c1-4-14-16-12(9-17-14)8-15-13-7-5-6-10(2)11(13)3/h5-7,9,15H,4,8H2,1-3H3. The Bertz CT molecular complexity index is 503. The molecule has 90 valence electrons. The summed E-state index contributed by atoms with van der Waals surface area (Å²) in [5.74, 6) is 0. The molecule has 2 nitrogen and oxygen atoms in total. The van der Waals surface area contributed by atoms with Crippen molar-refractivity contribution in [1.29, 1.82) is 0 Å². The molecular weight excluding hydrogens is 228 g/mol. The highest BCUT2D eigenvalue weighted by Gasteiger charge is 2.02. The predicted octanol–water partition coefficient (Wildman–Crippen LogP) is 3.93. The van der Waals surface area contributed by atoms with Crippen LogP contribution in [0.25, 0.3) is 0 Å². The van der Waals surface area contributed by atoms with E-state index in [0.29, 0.717) is 0 Å². The largest absolute Gasteiger partial charge is 0.379 e. The van der Waals surface area contributed by atoms with Crippen LogP contribution in [0.5, 0.6) is 0 Å². The molecule has 0 bridgehead atoms. The van der Waals surface area contributed by atoms with Crippen LogP contribution in [0, 0.1) is 13.8 Å². The highest BCUT2D eigenvalue weighted by atomic mass is 32.1. The zero-order chi connectivity index (χ0) is 12.3. The Morgan fingerprint density at radius 3 is 2.82 bits per heavy atom. The van der Waals surface area contributed by atoms with Crippen molar-refractivity contribution in [3.63, 3.8) is 0 Å². The van der Waals surface area contributed by atoms with E-state index in [1.54, 1.807) is 11.3 Å². The number of rotatable bonds is 4. The quantitative estimate of drug-likeness (QED) is 0.884. The lowest BCUT2D eigenvalue weighted by atomic mass is 10.1. The topological polar surface area (TPSA) is 24.9 Å². The monoisotopic (exact) mass is 246 g/mol. The molecule has 0 unspecified atom stereocenters. The zero-order valence-corrected chi connectivity index (χ0v) is 11.4. The summed E-state index contributed by atoms with van der Waals surface area (Å²) in [5.41, 5.74) is 4.98. The van der Waals surface area contributed by atoms with E-state index in [1.807, 2.05) is 0 Å². The molecule has 0 spiro atoms. The normalized spacial score (nSPS) is 10.5. The summed E-state index contributed by atoms with van der Waals surface area (Å²) in [6.45, 7) is 7.23. The lowest BCUT2D eigenvalue weighted by Gasteiger charge is -2.10. The van der Waals surface area contributed by atoms with Crippen molar-refractivity contribution in [3.8, 4) is 0 Å². The minimum Gasteiger partial charge on any atom is -0.379 e. The maximum atomic E-state index is 4.55. The number of nitrogens with one attached hydrogen (secondary N) is 1. The summed E-state index contributed by atoms with van der Waals surface area (Å²) in [6, 6.07) is 6.34. The van der Waals surface area contributed by atoms with Crippen molar-refractivity contribution < 1.29 is 0 Å². The maximum Gasteiger partial charge on any atom is 0.0926 e. The van der Waals surface area contributed by atoms with Gasteiger partial charge in [-0.1, -0.05) is 19.1 Å². The number of hydrogen-bond acceptors (Lipinski definition) is 3. The van der Waals surface area contributed by atoms with Crippen LogP contribution >= 0.6 is 11.3 Å².